The lowest BCUT2D eigenvalue weighted by Gasteiger charge is -2.20. The maximum absolute atomic E-state index is 11.6. The Balaban J connectivity index is 3.00. The topological polar surface area (TPSA) is 104 Å². The third kappa shape index (κ3) is 4.30. The highest BCUT2D eigenvalue weighted by atomic mass is 32.2. The second kappa shape index (κ2) is 6.14. The largest absolute Gasteiger partial charge is 0.388 e. The molecule has 1 rings (SSSR count). The normalized spacial score (nSPS) is 14.7. The van der Waals surface area contributed by atoms with Gasteiger partial charge in [0.25, 0.3) is 0 Å². The molecule has 0 aliphatic carbocycles. The molecule has 7 heteroatoms. The quantitative estimate of drug-likeness (QED) is 0.685. The Morgan fingerprint density at radius 3 is 2.42 bits per heavy atom. The Bertz CT molecular complexity index is 555. The van der Waals surface area contributed by atoms with E-state index in [4.69, 9.17) is 0 Å². The third-order valence-corrected chi connectivity index (χ3v) is 3.73. The molecule has 0 fully saturated rings. The van der Waals surface area contributed by atoms with Gasteiger partial charge in [-0.05, 0) is 6.07 Å². The van der Waals surface area contributed by atoms with Crippen molar-refractivity contribution in [2.75, 3.05) is 12.8 Å². The Labute approximate surface area is 112 Å². The first-order valence-electron chi connectivity index (χ1n) is 5.63. The van der Waals surface area contributed by atoms with Gasteiger partial charge in [-0.15, -0.1) is 0 Å². The predicted octanol–water partition coefficient (Wildman–Crippen LogP) is -0.380. The van der Waals surface area contributed by atoms with Crippen molar-refractivity contribution < 1.29 is 23.4 Å². The minimum absolute atomic E-state index is 0.0376. The molecule has 0 saturated heterocycles. The number of benzene rings is 1. The van der Waals surface area contributed by atoms with Crippen molar-refractivity contribution >= 4 is 15.7 Å². The molecule has 1 amide bonds. The molecule has 0 spiro atoms. The summed E-state index contributed by atoms with van der Waals surface area (Å²) in [5, 5.41) is 22.1. The van der Waals surface area contributed by atoms with Crippen LogP contribution >= 0.6 is 0 Å². The lowest BCUT2D eigenvalue weighted by Crippen LogP contribution is -2.34. The van der Waals surface area contributed by atoms with Crippen molar-refractivity contribution in [3.8, 4) is 0 Å². The van der Waals surface area contributed by atoms with E-state index in [0.29, 0.717) is 0 Å². The van der Waals surface area contributed by atoms with Crippen LogP contribution in [0.4, 0.5) is 0 Å². The van der Waals surface area contributed by atoms with Gasteiger partial charge in [0.15, 0.2) is 9.84 Å². The predicted molar refractivity (Wildman–Crippen MR) is 69.2 cm³/mol. The summed E-state index contributed by atoms with van der Waals surface area (Å²) >= 11 is 0. The second-order valence-electron chi connectivity index (χ2n) is 4.26. The summed E-state index contributed by atoms with van der Waals surface area (Å²) in [6.07, 6.45) is -1.65. The minimum Gasteiger partial charge on any atom is -0.388 e. The van der Waals surface area contributed by atoms with Crippen molar-refractivity contribution in [2.24, 2.45) is 0 Å². The molecule has 3 N–H and O–H groups in total. The number of aliphatic hydroxyl groups is 2. The van der Waals surface area contributed by atoms with Crippen molar-refractivity contribution in [1.29, 1.82) is 0 Å². The lowest BCUT2D eigenvalue weighted by molar-refractivity contribution is -0.119. The van der Waals surface area contributed by atoms with Gasteiger partial charge in [-0.1, -0.05) is 18.2 Å². The first-order valence-corrected chi connectivity index (χ1v) is 7.52. The number of hydrogen-bond acceptors (Lipinski definition) is 5. The van der Waals surface area contributed by atoms with Gasteiger partial charge in [0.05, 0.1) is 4.90 Å². The summed E-state index contributed by atoms with van der Waals surface area (Å²) in [5.74, 6) is -0.345. The van der Waals surface area contributed by atoms with Gasteiger partial charge < -0.3 is 15.5 Å². The number of aliphatic hydroxyl groups excluding tert-OH is 2. The fraction of sp³-hybridized carbons (Fsp3) is 0.417. The summed E-state index contributed by atoms with van der Waals surface area (Å²) in [4.78, 5) is 10.7. The van der Waals surface area contributed by atoms with Gasteiger partial charge in [0.1, 0.15) is 12.2 Å². The standard InChI is InChI=1S/C12H17NO5S/c1-8(14)13-7-10(15)12(16)9-5-3-4-6-11(9)19(2,17)18/h3-6,10,12,15-16H,7H2,1-2H3,(H,13,14). The number of amides is 1. The van der Waals surface area contributed by atoms with Crippen LogP contribution in [0.2, 0.25) is 0 Å². The average molecular weight is 287 g/mol. The molecule has 0 aromatic heterocycles. The van der Waals surface area contributed by atoms with E-state index in [0.717, 1.165) is 6.26 Å². The molecule has 19 heavy (non-hydrogen) atoms. The first-order chi connectivity index (χ1) is 8.73. The molecule has 0 saturated carbocycles. The van der Waals surface area contributed by atoms with Crippen LogP contribution in [-0.2, 0) is 14.6 Å². The average Bonchev–Trinajstić information content (AvgIpc) is 2.34. The van der Waals surface area contributed by atoms with Crippen LogP contribution < -0.4 is 5.32 Å². The highest BCUT2D eigenvalue weighted by Gasteiger charge is 2.24. The molecule has 0 aliphatic heterocycles. The van der Waals surface area contributed by atoms with E-state index in [1.54, 1.807) is 6.07 Å². The van der Waals surface area contributed by atoms with Crippen LogP contribution in [0.15, 0.2) is 29.2 Å². The van der Waals surface area contributed by atoms with Crippen molar-refractivity contribution in [1.82, 2.24) is 5.32 Å². The monoisotopic (exact) mass is 287 g/mol. The van der Waals surface area contributed by atoms with Crippen molar-refractivity contribution in [2.45, 2.75) is 24.0 Å². The summed E-state index contributed by atoms with van der Waals surface area (Å²) in [6.45, 7) is 1.12. The highest BCUT2D eigenvalue weighted by molar-refractivity contribution is 7.90. The van der Waals surface area contributed by atoms with Crippen LogP contribution in [0.5, 0.6) is 0 Å². The van der Waals surface area contributed by atoms with Crippen LogP contribution in [0.1, 0.15) is 18.6 Å². The van der Waals surface area contributed by atoms with E-state index >= 15 is 0 Å². The molecule has 1 aromatic carbocycles. The van der Waals surface area contributed by atoms with Gasteiger partial charge >= 0.3 is 0 Å². The van der Waals surface area contributed by atoms with Crippen molar-refractivity contribution in [3.63, 3.8) is 0 Å². The molecule has 2 atom stereocenters. The molecule has 0 aliphatic rings. The van der Waals surface area contributed by atoms with Gasteiger partial charge in [-0.2, -0.15) is 0 Å². The van der Waals surface area contributed by atoms with Gasteiger partial charge in [0, 0.05) is 25.3 Å². The summed E-state index contributed by atoms with van der Waals surface area (Å²) < 4.78 is 23.2. The van der Waals surface area contributed by atoms with Gasteiger partial charge in [-0.25, -0.2) is 8.42 Å². The molecule has 0 radical (unpaired) electrons. The molecule has 0 heterocycles. The maximum Gasteiger partial charge on any atom is 0.216 e. The lowest BCUT2D eigenvalue weighted by atomic mass is 10.0. The third-order valence-electron chi connectivity index (χ3n) is 2.56. The molecule has 2 unspecified atom stereocenters. The molecule has 106 valence electrons. The maximum atomic E-state index is 11.6. The Kier molecular flexibility index (Phi) is 5.04. The van der Waals surface area contributed by atoms with E-state index in [9.17, 15) is 23.4 Å². The number of hydrogen-bond donors (Lipinski definition) is 3. The Morgan fingerprint density at radius 2 is 1.89 bits per heavy atom. The zero-order chi connectivity index (χ0) is 14.6. The molecule has 1 aromatic rings. The first kappa shape index (κ1) is 15.6. The van der Waals surface area contributed by atoms with E-state index in [1.807, 2.05) is 0 Å². The molecular formula is C12H17NO5S. The molecule has 0 bridgehead atoms. The smallest absolute Gasteiger partial charge is 0.216 e. The minimum atomic E-state index is -3.50. The van der Waals surface area contributed by atoms with Crippen LogP contribution in [0, 0.1) is 0 Å². The number of rotatable bonds is 5. The van der Waals surface area contributed by atoms with E-state index in [-0.39, 0.29) is 22.9 Å². The number of sulfone groups is 1. The summed E-state index contributed by atoms with van der Waals surface area (Å²) in [5.41, 5.74) is 0.114. The molecule has 6 nitrogen and oxygen atoms in total. The van der Waals surface area contributed by atoms with E-state index in [2.05, 4.69) is 5.32 Å². The van der Waals surface area contributed by atoms with E-state index < -0.39 is 22.0 Å². The van der Waals surface area contributed by atoms with Crippen LogP contribution in [-0.4, -0.2) is 43.4 Å². The SMILES string of the molecule is CC(=O)NCC(O)C(O)c1ccccc1S(C)(=O)=O. The zero-order valence-corrected chi connectivity index (χ0v) is 11.5. The fourth-order valence-corrected chi connectivity index (χ4v) is 2.57. The van der Waals surface area contributed by atoms with E-state index in [1.165, 1.54) is 25.1 Å². The van der Waals surface area contributed by atoms with Gasteiger partial charge in [-0.3, -0.25) is 4.79 Å². The number of carbonyl (C=O) groups is 1. The number of nitrogens with one attached hydrogen (secondary N) is 1. The Hall–Kier alpha value is -1.44. The zero-order valence-electron chi connectivity index (χ0n) is 10.7. The van der Waals surface area contributed by atoms with Crippen LogP contribution in [0.25, 0.3) is 0 Å². The summed E-state index contributed by atoms with van der Waals surface area (Å²) in [7, 11) is -3.50. The highest BCUT2D eigenvalue weighted by Crippen LogP contribution is 2.24. The summed E-state index contributed by atoms with van der Waals surface area (Å²) in [6, 6.07) is 5.89. The Morgan fingerprint density at radius 1 is 1.32 bits per heavy atom. The second-order valence-corrected chi connectivity index (χ2v) is 6.24. The molecular weight excluding hydrogens is 270 g/mol. The van der Waals surface area contributed by atoms with Crippen LogP contribution in [0.3, 0.4) is 0 Å². The van der Waals surface area contributed by atoms with Gasteiger partial charge in [0.2, 0.25) is 5.91 Å². The fourth-order valence-electron chi connectivity index (χ4n) is 1.63. The number of carbonyl (C=O) groups excluding carboxylic acids is 1. The van der Waals surface area contributed by atoms with Crippen molar-refractivity contribution in [3.05, 3.63) is 29.8 Å².